The lowest BCUT2D eigenvalue weighted by Crippen LogP contribution is -2.30. The van der Waals surface area contributed by atoms with Crippen molar-refractivity contribution in [3.05, 3.63) is 24.3 Å². The zero-order chi connectivity index (χ0) is 78.1. The summed E-state index contributed by atoms with van der Waals surface area (Å²) in [6.07, 6.45) is 80.0. The van der Waals surface area contributed by atoms with Crippen LogP contribution in [0, 0.1) is 0 Å². The first-order valence-corrected chi connectivity index (χ1v) is 48.1. The van der Waals surface area contributed by atoms with Crippen LogP contribution in [0.15, 0.2) is 24.3 Å². The van der Waals surface area contributed by atoms with Gasteiger partial charge in [-0.25, -0.2) is 9.13 Å². The molecule has 0 amide bonds. The second-order valence-electron chi connectivity index (χ2n) is 30.9. The number of aliphatic hydroxyl groups is 1. The maximum absolute atomic E-state index is 13.2. The number of allylic oxidation sites excluding steroid dienone is 4. The van der Waals surface area contributed by atoms with Gasteiger partial charge in [0, 0.05) is 25.7 Å². The first kappa shape index (κ1) is 105. The molecule has 0 radical (unpaired) electrons. The van der Waals surface area contributed by atoms with E-state index in [0.29, 0.717) is 25.7 Å². The van der Waals surface area contributed by atoms with Crippen LogP contribution in [0.2, 0.25) is 0 Å². The highest BCUT2D eigenvalue weighted by Gasteiger charge is 2.30. The van der Waals surface area contributed by atoms with E-state index < -0.39 is 97.5 Å². The van der Waals surface area contributed by atoms with Crippen molar-refractivity contribution in [3.8, 4) is 0 Å². The van der Waals surface area contributed by atoms with E-state index in [1.54, 1.807) is 0 Å². The SMILES string of the molecule is CCCCCC/C=C\C=C/CCCCCCCC(=O)O[C@H](COC(=O)CCCCCCCCCCCCC)COP(=O)(O)OC[C@H](O)COP(=O)(O)OC[C@@H](COC(=O)CCCCCCCCCCCCCCCCCCCCC)OC(=O)CCCCCCCCCCCCCCCCCCCCCCCC. The van der Waals surface area contributed by atoms with Gasteiger partial charge < -0.3 is 33.8 Å². The van der Waals surface area contributed by atoms with Crippen molar-refractivity contribution in [3.63, 3.8) is 0 Å². The summed E-state index contributed by atoms with van der Waals surface area (Å²) in [4.78, 5) is 73.2. The third-order valence-corrected chi connectivity index (χ3v) is 22.1. The molecule has 0 aromatic heterocycles. The van der Waals surface area contributed by atoms with E-state index >= 15 is 0 Å². The van der Waals surface area contributed by atoms with Gasteiger partial charge in [0.25, 0.3) is 0 Å². The van der Waals surface area contributed by atoms with Gasteiger partial charge in [-0.1, -0.05) is 405 Å². The van der Waals surface area contributed by atoms with Crippen molar-refractivity contribution in [2.24, 2.45) is 0 Å². The molecule has 0 aliphatic carbocycles. The molecular formula is C88H168O17P2. The number of esters is 4. The molecule has 0 heterocycles. The van der Waals surface area contributed by atoms with Crippen LogP contribution in [0.5, 0.6) is 0 Å². The minimum Gasteiger partial charge on any atom is -0.462 e. The molecule has 0 fully saturated rings. The largest absolute Gasteiger partial charge is 0.472 e. The summed E-state index contributed by atoms with van der Waals surface area (Å²) < 4.78 is 68.9. The monoisotopic (exact) mass is 1560 g/mol. The smallest absolute Gasteiger partial charge is 0.462 e. The topological polar surface area (TPSA) is 237 Å². The van der Waals surface area contributed by atoms with Crippen LogP contribution in [-0.4, -0.2) is 96.7 Å². The predicted octanol–water partition coefficient (Wildman–Crippen LogP) is 26.9. The van der Waals surface area contributed by atoms with Gasteiger partial charge in [-0.05, 0) is 51.4 Å². The Bertz CT molecular complexity index is 2110. The maximum Gasteiger partial charge on any atom is 0.472 e. The highest BCUT2D eigenvalue weighted by Crippen LogP contribution is 2.45. The minimum atomic E-state index is -4.97. The molecule has 0 aromatic carbocycles. The number of carbonyl (C=O) groups excluding carboxylic acids is 4. The molecule has 0 bridgehead atoms. The number of carbonyl (C=O) groups is 4. The second kappa shape index (κ2) is 81.6. The van der Waals surface area contributed by atoms with Gasteiger partial charge in [-0.15, -0.1) is 0 Å². The van der Waals surface area contributed by atoms with Crippen molar-refractivity contribution in [2.45, 2.75) is 476 Å². The summed E-state index contributed by atoms with van der Waals surface area (Å²) in [6, 6.07) is 0. The molecule has 107 heavy (non-hydrogen) atoms. The van der Waals surface area contributed by atoms with Crippen LogP contribution in [0.25, 0.3) is 0 Å². The molecule has 0 aromatic rings. The lowest BCUT2D eigenvalue weighted by Gasteiger charge is -2.21. The van der Waals surface area contributed by atoms with Gasteiger partial charge in [-0.2, -0.15) is 0 Å². The van der Waals surface area contributed by atoms with Crippen molar-refractivity contribution in [1.29, 1.82) is 0 Å². The molecule has 0 rings (SSSR count). The number of ether oxygens (including phenoxy) is 4. The average molecular weight is 1560 g/mol. The van der Waals surface area contributed by atoms with Gasteiger partial charge in [0.2, 0.25) is 0 Å². The number of hydrogen-bond acceptors (Lipinski definition) is 15. The standard InChI is InChI=1S/C88H168O17P2/c1-5-9-13-17-21-25-29-32-35-37-39-40-41-43-45-48-51-55-59-63-67-71-75-88(93)105-84(79-99-86(91)73-69-65-61-57-53-49-47-44-42-38-36-33-30-26-22-18-14-10-6-2)81-103-107(96,97)101-77-82(89)76-100-106(94,95)102-80-83(78-98-85(90)72-68-64-60-56-52-28-24-20-16-12-8-4)104-87(92)74-70-66-62-58-54-50-46-34-31-27-23-19-15-11-7-3/h27,31,34,46,82-84,89H,5-26,28-30,32-33,35-45,47-81H2,1-4H3,(H,94,95)(H,96,97)/b31-27-,46-34-/t82-,83+,84+/m0/s1. The molecule has 632 valence electrons. The third kappa shape index (κ3) is 81.4. The Hall–Kier alpha value is -2.46. The van der Waals surface area contributed by atoms with E-state index in [9.17, 15) is 43.2 Å². The summed E-state index contributed by atoms with van der Waals surface area (Å²) >= 11 is 0. The first-order chi connectivity index (χ1) is 52.2. The Kier molecular flexibility index (Phi) is 79.7. The summed E-state index contributed by atoms with van der Waals surface area (Å²) in [6.45, 7) is 4.99. The number of phosphoric ester groups is 2. The maximum atomic E-state index is 13.2. The summed E-state index contributed by atoms with van der Waals surface area (Å²) in [5.74, 6) is -2.13. The lowest BCUT2D eigenvalue weighted by molar-refractivity contribution is -0.161. The van der Waals surface area contributed by atoms with Gasteiger partial charge in [0.1, 0.15) is 19.3 Å². The molecule has 5 atom stereocenters. The molecule has 0 spiro atoms. The van der Waals surface area contributed by atoms with Crippen LogP contribution in [0.4, 0.5) is 0 Å². The van der Waals surface area contributed by atoms with Crippen molar-refractivity contribution < 1.29 is 80.2 Å². The Morgan fingerprint density at radius 3 is 0.682 bits per heavy atom. The highest BCUT2D eigenvalue weighted by atomic mass is 31.2. The van der Waals surface area contributed by atoms with Crippen LogP contribution < -0.4 is 0 Å². The number of rotatable bonds is 87. The van der Waals surface area contributed by atoms with Gasteiger partial charge >= 0.3 is 39.5 Å². The van der Waals surface area contributed by atoms with Crippen LogP contribution >= 0.6 is 15.6 Å². The average Bonchev–Trinajstić information content (AvgIpc) is 0.901. The summed E-state index contributed by atoms with van der Waals surface area (Å²) in [7, 11) is -9.94. The Morgan fingerprint density at radius 1 is 0.262 bits per heavy atom. The molecule has 17 nitrogen and oxygen atoms in total. The minimum absolute atomic E-state index is 0.0860. The van der Waals surface area contributed by atoms with E-state index in [1.807, 2.05) is 0 Å². The number of hydrogen-bond donors (Lipinski definition) is 3. The van der Waals surface area contributed by atoms with Crippen molar-refractivity contribution in [1.82, 2.24) is 0 Å². The summed E-state index contributed by atoms with van der Waals surface area (Å²) in [5, 5.41) is 10.7. The Balaban J connectivity index is 5.25. The predicted molar refractivity (Wildman–Crippen MR) is 441 cm³/mol. The van der Waals surface area contributed by atoms with Gasteiger partial charge in [-0.3, -0.25) is 37.3 Å². The molecule has 2 unspecified atom stereocenters. The van der Waals surface area contributed by atoms with Crippen molar-refractivity contribution in [2.75, 3.05) is 39.6 Å². The number of phosphoric acid groups is 2. The second-order valence-corrected chi connectivity index (χ2v) is 33.9. The van der Waals surface area contributed by atoms with Crippen molar-refractivity contribution >= 4 is 39.5 Å². The molecule has 3 N–H and O–H groups in total. The zero-order valence-electron chi connectivity index (χ0n) is 69.6. The molecule has 0 saturated heterocycles. The molecule has 0 saturated carbocycles. The van der Waals surface area contributed by atoms with Crippen LogP contribution in [0.3, 0.4) is 0 Å². The van der Waals surface area contributed by atoms with E-state index in [1.165, 1.54) is 276 Å². The Morgan fingerprint density at radius 2 is 0.449 bits per heavy atom. The molecule has 0 aliphatic rings. The molecule has 19 heteroatoms. The highest BCUT2D eigenvalue weighted by molar-refractivity contribution is 7.47. The fraction of sp³-hybridized carbons (Fsp3) is 0.909. The van der Waals surface area contributed by atoms with Crippen LogP contribution in [-0.2, 0) is 65.4 Å². The lowest BCUT2D eigenvalue weighted by atomic mass is 10.0. The van der Waals surface area contributed by atoms with E-state index in [0.717, 1.165) is 103 Å². The number of aliphatic hydroxyl groups excluding tert-OH is 1. The summed E-state index contributed by atoms with van der Waals surface area (Å²) in [5.41, 5.74) is 0. The van der Waals surface area contributed by atoms with E-state index in [2.05, 4.69) is 52.0 Å². The fourth-order valence-corrected chi connectivity index (χ4v) is 14.9. The van der Waals surface area contributed by atoms with E-state index in [4.69, 9.17) is 37.0 Å². The van der Waals surface area contributed by atoms with E-state index in [-0.39, 0.29) is 25.7 Å². The number of unbranched alkanes of at least 4 members (excludes halogenated alkanes) is 58. The van der Waals surface area contributed by atoms with Gasteiger partial charge in [0.05, 0.1) is 26.4 Å². The molecular weight excluding hydrogens is 1390 g/mol. The molecule has 0 aliphatic heterocycles. The van der Waals surface area contributed by atoms with Crippen LogP contribution in [0.1, 0.15) is 458 Å². The Labute approximate surface area is 656 Å². The zero-order valence-corrected chi connectivity index (χ0v) is 71.4. The first-order valence-electron chi connectivity index (χ1n) is 45.1. The third-order valence-electron chi connectivity index (χ3n) is 20.2. The quantitative estimate of drug-likeness (QED) is 0.0169. The fourth-order valence-electron chi connectivity index (χ4n) is 13.3. The normalized spacial score (nSPS) is 13.8. The van der Waals surface area contributed by atoms with Gasteiger partial charge in [0.15, 0.2) is 12.2 Å².